The maximum atomic E-state index is 12.1. The van der Waals surface area contributed by atoms with Crippen molar-refractivity contribution in [3.63, 3.8) is 0 Å². The molecule has 1 aliphatic rings. The number of carbonyl (C=O) groups is 1. The summed E-state index contributed by atoms with van der Waals surface area (Å²) in [5.41, 5.74) is -0.566. The Bertz CT molecular complexity index is 302. The number of ether oxygens (including phenoxy) is 3. The first kappa shape index (κ1) is 16.2. The Labute approximate surface area is 114 Å². The Morgan fingerprint density at radius 3 is 2.58 bits per heavy atom. The smallest absolute Gasteiger partial charge is 0.410 e. The molecule has 3 atom stereocenters. The third kappa shape index (κ3) is 4.63. The first-order valence-corrected chi connectivity index (χ1v) is 6.60. The second-order valence-electron chi connectivity index (χ2n) is 5.65. The van der Waals surface area contributed by atoms with E-state index in [1.54, 1.807) is 0 Å². The Kier molecular flexibility index (Phi) is 5.58. The minimum Gasteiger partial charge on any atom is -0.444 e. The Balaban J connectivity index is 2.76. The van der Waals surface area contributed by atoms with Crippen molar-refractivity contribution in [3.8, 4) is 0 Å². The van der Waals surface area contributed by atoms with Crippen molar-refractivity contribution in [2.75, 3.05) is 20.3 Å². The number of methoxy groups -OCH3 is 1. The minimum atomic E-state index is -0.573. The molecule has 1 unspecified atom stereocenters. The van der Waals surface area contributed by atoms with E-state index >= 15 is 0 Å². The van der Waals surface area contributed by atoms with Crippen LogP contribution in [-0.4, -0.2) is 60.4 Å². The van der Waals surface area contributed by atoms with Crippen molar-refractivity contribution in [3.05, 3.63) is 0 Å². The number of nitrogens with zero attached hydrogens (tertiary/aromatic N) is 1. The molecular formula is C13H25NO5. The molecule has 0 aliphatic carbocycles. The van der Waals surface area contributed by atoms with E-state index in [2.05, 4.69) is 0 Å². The zero-order valence-corrected chi connectivity index (χ0v) is 12.4. The number of aliphatic hydroxyl groups excluding tert-OH is 1. The average molecular weight is 275 g/mol. The van der Waals surface area contributed by atoms with Gasteiger partial charge in [0, 0.05) is 20.1 Å². The molecule has 0 aromatic rings. The summed E-state index contributed by atoms with van der Waals surface area (Å²) >= 11 is 0. The summed E-state index contributed by atoms with van der Waals surface area (Å²) in [5, 5.41) is 9.77. The van der Waals surface area contributed by atoms with Crippen LogP contribution in [0.15, 0.2) is 0 Å². The first-order chi connectivity index (χ1) is 8.78. The fourth-order valence-electron chi connectivity index (χ4n) is 2.13. The van der Waals surface area contributed by atoms with Crippen LogP contribution < -0.4 is 0 Å². The summed E-state index contributed by atoms with van der Waals surface area (Å²) in [6, 6.07) is -0.324. The summed E-state index contributed by atoms with van der Waals surface area (Å²) in [4.78, 5) is 13.6. The highest BCUT2D eigenvalue weighted by atomic mass is 16.7. The van der Waals surface area contributed by atoms with Gasteiger partial charge in [0.15, 0.2) is 6.29 Å². The molecule has 1 amide bonds. The van der Waals surface area contributed by atoms with Gasteiger partial charge in [-0.25, -0.2) is 4.79 Å². The number of hydrogen-bond acceptors (Lipinski definition) is 5. The van der Waals surface area contributed by atoms with Gasteiger partial charge in [-0.05, 0) is 27.7 Å². The Morgan fingerprint density at radius 1 is 1.47 bits per heavy atom. The van der Waals surface area contributed by atoms with Gasteiger partial charge in [-0.1, -0.05) is 0 Å². The van der Waals surface area contributed by atoms with Gasteiger partial charge in [0.05, 0.1) is 18.7 Å². The Morgan fingerprint density at radius 2 is 2.11 bits per heavy atom. The number of likely N-dealkylation sites (tertiary alicyclic amines) is 1. The Hall–Kier alpha value is -0.850. The van der Waals surface area contributed by atoms with E-state index in [9.17, 15) is 9.90 Å². The maximum Gasteiger partial charge on any atom is 0.410 e. The van der Waals surface area contributed by atoms with Crippen LogP contribution in [0.5, 0.6) is 0 Å². The van der Waals surface area contributed by atoms with Crippen molar-refractivity contribution in [1.29, 1.82) is 0 Å². The molecular weight excluding hydrogens is 250 g/mol. The van der Waals surface area contributed by atoms with Gasteiger partial charge in [0.25, 0.3) is 0 Å². The SMILES string of the molecule is CCOC(OC)[C@@H]1C[C@@H](O)CN1C(=O)OC(C)(C)C. The summed E-state index contributed by atoms with van der Waals surface area (Å²) in [5.74, 6) is 0. The molecule has 6 nitrogen and oxygen atoms in total. The summed E-state index contributed by atoms with van der Waals surface area (Å²) in [6.45, 7) is 8.00. The van der Waals surface area contributed by atoms with Gasteiger partial charge in [-0.3, -0.25) is 4.90 Å². The van der Waals surface area contributed by atoms with Crippen molar-refractivity contribution in [2.24, 2.45) is 0 Å². The van der Waals surface area contributed by atoms with Crippen LogP contribution in [0.2, 0.25) is 0 Å². The first-order valence-electron chi connectivity index (χ1n) is 6.60. The predicted molar refractivity (Wildman–Crippen MR) is 69.8 cm³/mol. The van der Waals surface area contributed by atoms with E-state index < -0.39 is 24.1 Å². The van der Waals surface area contributed by atoms with Crippen LogP contribution in [0.4, 0.5) is 4.79 Å². The molecule has 0 aromatic carbocycles. The lowest BCUT2D eigenvalue weighted by atomic mass is 10.2. The van der Waals surface area contributed by atoms with E-state index in [4.69, 9.17) is 14.2 Å². The van der Waals surface area contributed by atoms with Gasteiger partial charge in [0.1, 0.15) is 5.60 Å². The zero-order chi connectivity index (χ0) is 14.6. The maximum absolute atomic E-state index is 12.1. The topological polar surface area (TPSA) is 68.2 Å². The average Bonchev–Trinajstić information content (AvgIpc) is 2.66. The number of amides is 1. The molecule has 19 heavy (non-hydrogen) atoms. The van der Waals surface area contributed by atoms with E-state index in [-0.39, 0.29) is 12.6 Å². The largest absolute Gasteiger partial charge is 0.444 e. The number of hydrogen-bond donors (Lipinski definition) is 1. The molecule has 0 aromatic heterocycles. The van der Waals surface area contributed by atoms with Crippen molar-refractivity contribution >= 4 is 6.09 Å². The number of β-amino-alcohol motifs (C(OH)–C–C–N with tert-alkyl or cyclic N) is 1. The van der Waals surface area contributed by atoms with Gasteiger partial charge in [-0.2, -0.15) is 0 Å². The zero-order valence-electron chi connectivity index (χ0n) is 12.4. The van der Waals surface area contributed by atoms with E-state index in [0.717, 1.165) is 0 Å². The molecule has 112 valence electrons. The standard InChI is InChI=1S/C13H25NO5/c1-6-18-11(17-5)10-7-9(15)8-14(10)12(16)19-13(2,3)4/h9-11,15H,6-8H2,1-5H3/t9-,10+,11?/m1/s1. The molecule has 0 radical (unpaired) electrons. The molecule has 1 saturated heterocycles. The normalized spacial score (nSPS) is 25.5. The number of aliphatic hydroxyl groups is 1. The van der Waals surface area contributed by atoms with Crippen LogP contribution in [0.25, 0.3) is 0 Å². The third-order valence-corrected chi connectivity index (χ3v) is 2.83. The highest BCUT2D eigenvalue weighted by molar-refractivity contribution is 5.69. The van der Waals surface area contributed by atoms with Gasteiger partial charge >= 0.3 is 6.09 Å². The third-order valence-electron chi connectivity index (χ3n) is 2.83. The fraction of sp³-hybridized carbons (Fsp3) is 0.923. The van der Waals surface area contributed by atoms with Gasteiger partial charge in [0.2, 0.25) is 0 Å². The van der Waals surface area contributed by atoms with Crippen LogP contribution >= 0.6 is 0 Å². The highest BCUT2D eigenvalue weighted by Gasteiger charge is 2.41. The molecule has 6 heteroatoms. The second-order valence-corrected chi connectivity index (χ2v) is 5.65. The van der Waals surface area contributed by atoms with E-state index in [0.29, 0.717) is 13.0 Å². The van der Waals surface area contributed by atoms with Crippen molar-refractivity contribution in [2.45, 2.75) is 58.2 Å². The summed E-state index contributed by atoms with van der Waals surface area (Å²) in [6.07, 6.45) is -1.14. The highest BCUT2D eigenvalue weighted by Crippen LogP contribution is 2.25. The molecule has 0 bridgehead atoms. The molecule has 0 spiro atoms. The van der Waals surface area contributed by atoms with Gasteiger partial charge in [-0.15, -0.1) is 0 Å². The van der Waals surface area contributed by atoms with Gasteiger partial charge < -0.3 is 19.3 Å². The second kappa shape index (κ2) is 6.54. The van der Waals surface area contributed by atoms with Crippen molar-refractivity contribution in [1.82, 2.24) is 4.90 Å². The number of rotatable bonds is 4. The monoisotopic (exact) mass is 275 g/mol. The van der Waals surface area contributed by atoms with Crippen LogP contribution in [-0.2, 0) is 14.2 Å². The van der Waals surface area contributed by atoms with E-state index in [1.165, 1.54) is 12.0 Å². The molecule has 1 N–H and O–H groups in total. The minimum absolute atomic E-state index is 0.243. The summed E-state index contributed by atoms with van der Waals surface area (Å²) < 4.78 is 16.0. The lowest BCUT2D eigenvalue weighted by Gasteiger charge is -2.31. The lowest BCUT2D eigenvalue weighted by molar-refractivity contribution is -0.153. The lowest BCUT2D eigenvalue weighted by Crippen LogP contribution is -2.46. The van der Waals surface area contributed by atoms with Crippen molar-refractivity contribution < 1.29 is 24.1 Å². The van der Waals surface area contributed by atoms with Crippen LogP contribution in [0, 0.1) is 0 Å². The number of carbonyl (C=O) groups excluding carboxylic acids is 1. The molecule has 1 aliphatic heterocycles. The van der Waals surface area contributed by atoms with E-state index in [1.807, 2.05) is 27.7 Å². The summed E-state index contributed by atoms with van der Waals surface area (Å²) in [7, 11) is 1.53. The molecule has 1 fully saturated rings. The fourth-order valence-corrected chi connectivity index (χ4v) is 2.13. The molecule has 1 rings (SSSR count). The van der Waals surface area contributed by atoms with Crippen LogP contribution in [0.3, 0.4) is 0 Å². The van der Waals surface area contributed by atoms with Crippen LogP contribution in [0.1, 0.15) is 34.1 Å². The predicted octanol–water partition coefficient (Wildman–Crippen LogP) is 1.37. The molecule has 0 saturated carbocycles. The molecule has 1 heterocycles. The quantitative estimate of drug-likeness (QED) is 0.785.